The summed E-state index contributed by atoms with van der Waals surface area (Å²) < 4.78 is 5.22. The van der Waals surface area contributed by atoms with Crippen LogP contribution in [0.2, 0.25) is 0 Å². The first-order valence-corrected chi connectivity index (χ1v) is 4.78. The smallest absolute Gasteiger partial charge is 0.275 e. The molecule has 0 aromatic rings. The molecule has 1 aliphatic heterocycles. The quantitative estimate of drug-likeness (QED) is 0.659. The van der Waals surface area contributed by atoms with Gasteiger partial charge in [-0.3, -0.25) is 4.79 Å². The molecule has 1 rings (SSSR count). The second kappa shape index (κ2) is 5.43. The molecular weight excluding hydrogens is 174 g/mol. The zero-order valence-electron chi connectivity index (χ0n) is 7.08. The van der Waals surface area contributed by atoms with Crippen molar-refractivity contribution in [2.24, 2.45) is 5.92 Å². The van der Waals surface area contributed by atoms with E-state index in [2.05, 4.69) is 17.9 Å². The highest BCUT2D eigenvalue weighted by atomic mass is 32.1. The molecule has 0 radical (unpaired) electrons. The minimum atomic E-state index is -0.234. The molecule has 0 aromatic heterocycles. The molecule has 1 fully saturated rings. The molecule has 0 saturated carbocycles. The van der Waals surface area contributed by atoms with Crippen LogP contribution in [0.3, 0.4) is 0 Å². The highest BCUT2D eigenvalue weighted by Crippen LogP contribution is 2.17. The van der Waals surface area contributed by atoms with Crippen LogP contribution < -0.4 is 5.32 Å². The monoisotopic (exact) mass is 189 g/mol. The Morgan fingerprint density at radius 3 is 2.75 bits per heavy atom. The molecule has 0 unspecified atom stereocenters. The molecule has 0 bridgehead atoms. The third kappa shape index (κ3) is 3.97. The fraction of sp³-hybridized carbons (Fsp3) is 0.875. The van der Waals surface area contributed by atoms with E-state index < -0.39 is 0 Å². The average molecular weight is 189 g/mol. The molecular formula is C8H15NO2S. The van der Waals surface area contributed by atoms with Crippen molar-refractivity contribution in [3.05, 3.63) is 0 Å². The van der Waals surface area contributed by atoms with Gasteiger partial charge in [-0.25, -0.2) is 0 Å². The van der Waals surface area contributed by atoms with E-state index in [0.29, 0.717) is 0 Å². The van der Waals surface area contributed by atoms with E-state index >= 15 is 0 Å². The molecule has 1 heterocycles. The molecule has 0 atom stereocenters. The maximum atomic E-state index is 10.4. The fourth-order valence-electron chi connectivity index (χ4n) is 1.42. The van der Waals surface area contributed by atoms with Gasteiger partial charge in [0.2, 0.25) is 0 Å². The van der Waals surface area contributed by atoms with Crippen molar-refractivity contribution in [2.45, 2.75) is 19.3 Å². The van der Waals surface area contributed by atoms with Gasteiger partial charge in [0.25, 0.3) is 5.24 Å². The van der Waals surface area contributed by atoms with Crippen LogP contribution in [0.25, 0.3) is 0 Å². The number of carbonyl (C=O) groups is 1. The van der Waals surface area contributed by atoms with E-state index in [1.165, 1.54) is 0 Å². The number of carbonyl (C=O) groups excluding carboxylic acids is 1. The lowest BCUT2D eigenvalue weighted by atomic mass is 9.97. The first-order valence-electron chi connectivity index (χ1n) is 4.33. The Labute approximate surface area is 78.3 Å². The maximum Gasteiger partial charge on any atom is 0.275 e. The van der Waals surface area contributed by atoms with Crippen LogP contribution in [0.1, 0.15) is 19.3 Å². The second-order valence-corrected chi connectivity index (χ2v) is 3.48. The van der Waals surface area contributed by atoms with Gasteiger partial charge in [0, 0.05) is 19.8 Å². The summed E-state index contributed by atoms with van der Waals surface area (Å²) >= 11 is 3.62. The van der Waals surface area contributed by atoms with E-state index in [1.807, 2.05) is 0 Å². The summed E-state index contributed by atoms with van der Waals surface area (Å²) in [4.78, 5) is 10.4. The Morgan fingerprint density at radius 2 is 2.17 bits per heavy atom. The number of nitrogens with one attached hydrogen (secondary N) is 1. The highest BCUT2D eigenvalue weighted by molar-refractivity contribution is 7.96. The number of rotatable bonds is 3. The van der Waals surface area contributed by atoms with Crippen molar-refractivity contribution < 1.29 is 9.53 Å². The largest absolute Gasteiger partial charge is 0.381 e. The van der Waals surface area contributed by atoms with Gasteiger partial charge in [0.05, 0.1) is 0 Å². The van der Waals surface area contributed by atoms with E-state index in [1.54, 1.807) is 0 Å². The van der Waals surface area contributed by atoms with Gasteiger partial charge in [-0.05, 0) is 25.2 Å². The summed E-state index contributed by atoms with van der Waals surface area (Å²) in [6.07, 6.45) is 3.31. The van der Waals surface area contributed by atoms with Crippen molar-refractivity contribution in [1.29, 1.82) is 0 Å². The van der Waals surface area contributed by atoms with Crippen molar-refractivity contribution in [2.75, 3.05) is 19.8 Å². The maximum absolute atomic E-state index is 10.4. The molecule has 1 amide bonds. The van der Waals surface area contributed by atoms with Crippen molar-refractivity contribution in [3.63, 3.8) is 0 Å². The van der Waals surface area contributed by atoms with Crippen LogP contribution in [0.15, 0.2) is 0 Å². The lowest BCUT2D eigenvalue weighted by molar-refractivity contribution is 0.0642. The minimum absolute atomic E-state index is 0.234. The van der Waals surface area contributed by atoms with E-state index in [-0.39, 0.29) is 5.24 Å². The van der Waals surface area contributed by atoms with Crippen molar-refractivity contribution >= 4 is 17.9 Å². The third-order valence-electron chi connectivity index (χ3n) is 2.17. The fourth-order valence-corrected chi connectivity index (χ4v) is 1.53. The summed E-state index contributed by atoms with van der Waals surface area (Å²) in [5.41, 5.74) is 0. The van der Waals surface area contributed by atoms with Crippen LogP contribution in [0.4, 0.5) is 4.79 Å². The van der Waals surface area contributed by atoms with Gasteiger partial charge in [-0.15, -0.1) is 0 Å². The molecule has 70 valence electrons. The Balaban J connectivity index is 2.01. The van der Waals surface area contributed by atoms with Crippen LogP contribution in [-0.4, -0.2) is 25.0 Å². The summed E-state index contributed by atoms with van der Waals surface area (Å²) in [5.74, 6) is 0.721. The summed E-state index contributed by atoms with van der Waals surface area (Å²) in [6, 6.07) is 0. The predicted molar refractivity (Wildman–Crippen MR) is 50.5 cm³/mol. The number of ether oxygens (including phenoxy) is 1. The Kier molecular flexibility index (Phi) is 4.46. The SMILES string of the molecule is O=C(S)NCCC1CCOCC1. The van der Waals surface area contributed by atoms with Crippen LogP contribution >= 0.6 is 12.6 Å². The number of amides is 1. The van der Waals surface area contributed by atoms with Gasteiger partial charge < -0.3 is 10.1 Å². The topological polar surface area (TPSA) is 38.3 Å². The van der Waals surface area contributed by atoms with Crippen molar-refractivity contribution in [3.8, 4) is 0 Å². The highest BCUT2D eigenvalue weighted by Gasteiger charge is 2.12. The molecule has 3 nitrogen and oxygen atoms in total. The van der Waals surface area contributed by atoms with E-state index in [0.717, 1.165) is 44.9 Å². The van der Waals surface area contributed by atoms with Crippen molar-refractivity contribution in [1.82, 2.24) is 5.32 Å². The zero-order valence-corrected chi connectivity index (χ0v) is 7.98. The first-order chi connectivity index (χ1) is 5.79. The normalized spacial score (nSPS) is 19.1. The third-order valence-corrected chi connectivity index (χ3v) is 2.33. The summed E-state index contributed by atoms with van der Waals surface area (Å²) in [6.45, 7) is 2.49. The summed E-state index contributed by atoms with van der Waals surface area (Å²) in [5, 5.41) is 2.44. The zero-order chi connectivity index (χ0) is 8.81. The van der Waals surface area contributed by atoms with E-state index in [9.17, 15) is 4.79 Å². The molecule has 4 heteroatoms. The average Bonchev–Trinajstić information content (AvgIpc) is 2.05. The number of thiol groups is 1. The number of hydrogen-bond acceptors (Lipinski definition) is 2. The van der Waals surface area contributed by atoms with Gasteiger partial charge >= 0.3 is 0 Å². The molecule has 12 heavy (non-hydrogen) atoms. The van der Waals surface area contributed by atoms with Gasteiger partial charge in [0.15, 0.2) is 0 Å². The second-order valence-electron chi connectivity index (χ2n) is 3.08. The molecule has 1 N–H and O–H groups in total. The lowest BCUT2D eigenvalue weighted by Crippen LogP contribution is -2.23. The minimum Gasteiger partial charge on any atom is -0.381 e. The predicted octanol–water partition coefficient (Wildman–Crippen LogP) is 1.44. The molecule has 1 saturated heterocycles. The van der Waals surface area contributed by atoms with Crippen LogP contribution in [-0.2, 0) is 4.74 Å². The van der Waals surface area contributed by atoms with Gasteiger partial charge in [0.1, 0.15) is 0 Å². The molecule has 1 aliphatic rings. The summed E-state index contributed by atoms with van der Waals surface area (Å²) in [7, 11) is 0. The van der Waals surface area contributed by atoms with Crippen LogP contribution in [0.5, 0.6) is 0 Å². The first kappa shape index (κ1) is 9.86. The van der Waals surface area contributed by atoms with Gasteiger partial charge in [-0.2, -0.15) is 0 Å². The lowest BCUT2D eigenvalue weighted by Gasteiger charge is -2.21. The Morgan fingerprint density at radius 1 is 1.50 bits per heavy atom. The molecule has 0 aromatic carbocycles. The Hall–Kier alpha value is -0.220. The Bertz CT molecular complexity index is 146. The van der Waals surface area contributed by atoms with Crippen LogP contribution in [0, 0.1) is 5.92 Å². The van der Waals surface area contributed by atoms with E-state index in [4.69, 9.17) is 4.74 Å². The number of hydrogen-bond donors (Lipinski definition) is 2. The molecule has 0 spiro atoms. The molecule has 0 aliphatic carbocycles. The van der Waals surface area contributed by atoms with Gasteiger partial charge in [-0.1, -0.05) is 12.6 Å². The standard InChI is InChI=1S/C8H15NO2S/c10-8(12)9-4-1-7-2-5-11-6-3-7/h7H,1-6H2,(H2,9,10,12).